The lowest BCUT2D eigenvalue weighted by molar-refractivity contribution is -0.153. The number of fused-ring (bicyclic) bond motifs is 2. The minimum absolute atomic E-state index is 0.0566. The van der Waals surface area contributed by atoms with Gasteiger partial charge in [0.15, 0.2) is 5.78 Å². The van der Waals surface area contributed by atoms with Crippen molar-refractivity contribution in [3.8, 4) is 0 Å². The second kappa shape index (κ2) is 2.65. The Hall–Kier alpha value is -0.380. The lowest BCUT2D eigenvalue weighted by atomic mass is 9.65. The second-order valence-corrected chi connectivity index (χ2v) is 6.38. The molecule has 0 radical (unpaired) electrons. The first kappa shape index (κ1) is 11.1. The van der Waals surface area contributed by atoms with Crippen LogP contribution in [0.5, 0.6) is 0 Å². The fourth-order valence-electron chi connectivity index (χ4n) is 3.43. The van der Waals surface area contributed by atoms with Gasteiger partial charge in [0.05, 0.1) is 10.2 Å². The Morgan fingerprint density at radius 1 is 1.40 bits per heavy atom. The minimum atomic E-state index is -0.918. The molecule has 2 fully saturated rings. The van der Waals surface area contributed by atoms with Gasteiger partial charge in [-0.25, -0.2) is 0 Å². The van der Waals surface area contributed by atoms with Crippen LogP contribution < -0.4 is 0 Å². The summed E-state index contributed by atoms with van der Waals surface area (Å²) < 4.78 is 0. The van der Waals surface area contributed by atoms with Crippen LogP contribution in [0.2, 0.25) is 0 Å². The number of Topliss-reactive ketones (excluding diaryl/α,β-unsaturated/α-hetero) is 1. The van der Waals surface area contributed by atoms with Gasteiger partial charge in [-0.05, 0) is 18.3 Å². The second-order valence-electron chi connectivity index (χ2n) is 5.46. The molecule has 2 bridgehead atoms. The predicted molar refractivity (Wildman–Crippen MR) is 58.9 cm³/mol. The largest absolute Gasteiger partial charge is 0.481 e. The van der Waals surface area contributed by atoms with Gasteiger partial charge in [0.1, 0.15) is 0 Å². The van der Waals surface area contributed by atoms with Gasteiger partial charge >= 0.3 is 5.97 Å². The maximum absolute atomic E-state index is 12.1. The quantitative estimate of drug-likeness (QED) is 0.746. The number of carbonyl (C=O) groups excluding carboxylic acids is 1. The molecule has 0 saturated heterocycles. The average Bonchev–Trinajstić information content (AvgIpc) is 2.39. The van der Waals surface area contributed by atoms with Crippen molar-refractivity contribution in [1.29, 1.82) is 0 Å². The first-order valence-electron chi connectivity index (χ1n) is 5.13. The van der Waals surface area contributed by atoms with E-state index in [1.54, 1.807) is 0 Å². The Morgan fingerprint density at radius 2 is 1.93 bits per heavy atom. The molecule has 2 rings (SSSR count). The Balaban J connectivity index is 2.68. The number of halogens is 1. The molecule has 2 aliphatic rings. The van der Waals surface area contributed by atoms with E-state index in [1.807, 2.05) is 20.8 Å². The van der Waals surface area contributed by atoms with E-state index in [0.29, 0.717) is 12.8 Å². The zero-order valence-corrected chi connectivity index (χ0v) is 10.7. The van der Waals surface area contributed by atoms with Crippen LogP contribution in [0.4, 0.5) is 0 Å². The summed E-state index contributed by atoms with van der Waals surface area (Å²) in [4.78, 5) is 23.1. The number of aliphatic carboxylic acids is 1. The maximum atomic E-state index is 12.1. The van der Waals surface area contributed by atoms with E-state index in [4.69, 9.17) is 0 Å². The molecule has 0 amide bonds. The average molecular weight is 275 g/mol. The van der Waals surface area contributed by atoms with Gasteiger partial charge in [-0.3, -0.25) is 9.59 Å². The van der Waals surface area contributed by atoms with Crippen LogP contribution in [0.25, 0.3) is 0 Å². The summed E-state index contributed by atoms with van der Waals surface area (Å²) in [5, 5.41) is 9.45. The summed E-state index contributed by atoms with van der Waals surface area (Å²) in [6, 6.07) is 0. The van der Waals surface area contributed by atoms with E-state index < -0.39 is 27.0 Å². The predicted octanol–water partition coefficient (Wildman–Crippen LogP) is 2.23. The summed E-state index contributed by atoms with van der Waals surface area (Å²) in [7, 11) is 0. The Bertz CT molecular complexity index is 363. The fraction of sp³-hybridized carbons (Fsp3) is 0.818. The van der Waals surface area contributed by atoms with Crippen LogP contribution in [0.3, 0.4) is 0 Å². The van der Waals surface area contributed by atoms with Gasteiger partial charge < -0.3 is 5.11 Å². The summed E-state index contributed by atoms with van der Waals surface area (Å²) in [5.41, 5.74) is -1.88. The van der Waals surface area contributed by atoms with E-state index in [1.165, 1.54) is 0 Å². The molecule has 2 saturated carbocycles. The fourth-order valence-corrected chi connectivity index (χ4v) is 4.93. The number of hydrogen-bond acceptors (Lipinski definition) is 2. The standard InChI is InChI=1S/C11H15BrO3/c1-9(2)10(3)4-5-11(9,8(14)15)6(12)7(10)13/h6H,4-5H2,1-3H3,(H,14,15). The molecule has 3 nitrogen and oxygen atoms in total. The van der Waals surface area contributed by atoms with Gasteiger partial charge in [-0.15, -0.1) is 0 Å². The van der Waals surface area contributed by atoms with Crippen molar-refractivity contribution in [2.75, 3.05) is 0 Å². The van der Waals surface area contributed by atoms with Gasteiger partial charge in [0.2, 0.25) is 0 Å². The number of carboxylic acid groups (broad SMARTS) is 1. The molecule has 15 heavy (non-hydrogen) atoms. The van der Waals surface area contributed by atoms with Gasteiger partial charge in [0.25, 0.3) is 0 Å². The molecule has 4 heteroatoms. The third-order valence-electron chi connectivity index (χ3n) is 5.10. The molecule has 0 heterocycles. The first-order chi connectivity index (χ1) is 6.72. The van der Waals surface area contributed by atoms with Crippen molar-refractivity contribution < 1.29 is 14.7 Å². The van der Waals surface area contributed by atoms with Crippen molar-refractivity contribution >= 4 is 27.7 Å². The number of alkyl halides is 1. The van der Waals surface area contributed by atoms with E-state index >= 15 is 0 Å². The first-order valence-corrected chi connectivity index (χ1v) is 6.05. The normalized spacial score (nSPS) is 47.2. The number of ketones is 1. The van der Waals surface area contributed by atoms with Crippen LogP contribution >= 0.6 is 15.9 Å². The molecule has 84 valence electrons. The lowest BCUT2D eigenvalue weighted by Gasteiger charge is -2.37. The van der Waals surface area contributed by atoms with Crippen LogP contribution in [-0.2, 0) is 9.59 Å². The van der Waals surface area contributed by atoms with Crippen molar-refractivity contribution in [2.45, 2.75) is 38.4 Å². The maximum Gasteiger partial charge on any atom is 0.311 e. The molecule has 2 aliphatic carbocycles. The van der Waals surface area contributed by atoms with E-state index in [-0.39, 0.29) is 5.78 Å². The Labute approximate surface area is 97.4 Å². The zero-order valence-electron chi connectivity index (χ0n) is 9.13. The summed E-state index contributed by atoms with van der Waals surface area (Å²) in [6.45, 7) is 5.72. The number of carboxylic acids is 1. The van der Waals surface area contributed by atoms with Crippen molar-refractivity contribution in [3.63, 3.8) is 0 Å². The molecule has 0 aromatic heterocycles. The van der Waals surface area contributed by atoms with Crippen LogP contribution in [0.15, 0.2) is 0 Å². The molecule has 3 atom stereocenters. The monoisotopic (exact) mass is 274 g/mol. The summed E-state index contributed by atoms with van der Waals surface area (Å²) >= 11 is 3.30. The SMILES string of the molecule is CC12CCC(C(=O)O)(C(Br)C1=O)C2(C)C. The van der Waals surface area contributed by atoms with Crippen LogP contribution in [-0.4, -0.2) is 21.7 Å². The number of rotatable bonds is 1. The molecule has 1 N–H and O–H groups in total. The number of hydrogen-bond donors (Lipinski definition) is 1. The minimum Gasteiger partial charge on any atom is -0.481 e. The van der Waals surface area contributed by atoms with Crippen LogP contribution in [0.1, 0.15) is 33.6 Å². The topological polar surface area (TPSA) is 54.4 Å². The Morgan fingerprint density at radius 3 is 2.20 bits per heavy atom. The highest BCUT2D eigenvalue weighted by molar-refractivity contribution is 9.10. The van der Waals surface area contributed by atoms with Gasteiger partial charge in [0, 0.05) is 5.41 Å². The summed E-state index contributed by atoms with van der Waals surface area (Å²) in [6.07, 6.45) is 1.28. The molecular weight excluding hydrogens is 260 g/mol. The highest BCUT2D eigenvalue weighted by Crippen LogP contribution is 2.72. The molecule has 3 unspecified atom stereocenters. The smallest absolute Gasteiger partial charge is 0.311 e. The van der Waals surface area contributed by atoms with E-state index in [9.17, 15) is 14.7 Å². The Kier molecular flexibility index (Phi) is 1.96. The third-order valence-corrected chi connectivity index (χ3v) is 6.30. The highest BCUT2D eigenvalue weighted by Gasteiger charge is 2.77. The van der Waals surface area contributed by atoms with Crippen molar-refractivity contribution in [3.05, 3.63) is 0 Å². The molecular formula is C11H15BrO3. The zero-order chi connectivity index (χ0) is 11.6. The van der Waals surface area contributed by atoms with Gasteiger partial charge in [-0.2, -0.15) is 0 Å². The molecule has 0 aromatic rings. The number of carbonyl (C=O) groups is 2. The third kappa shape index (κ3) is 0.846. The molecule has 0 aliphatic heterocycles. The molecule has 0 aromatic carbocycles. The highest BCUT2D eigenvalue weighted by atomic mass is 79.9. The summed E-state index contributed by atoms with van der Waals surface area (Å²) in [5.74, 6) is -0.787. The van der Waals surface area contributed by atoms with E-state index in [2.05, 4.69) is 15.9 Å². The van der Waals surface area contributed by atoms with Gasteiger partial charge in [-0.1, -0.05) is 36.7 Å². The van der Waals surface area contributed by atoms with Crippen molar-refractivity contribution in [1.82, 2.24) is 0 Å². The van der Waals surface area contributed by atoms with E-state index in [0.717, 1.165) is 0 Å². The molecule has 0 spiro atoms. The van der Waals surface area contributed by atoms with Crippen LogP contribution in [0, 0.1) is 16.2 Å². The lowest BCUT2D eigenvalue weighted by Crippen LogP contribution is -2.44. The van der Waals surface area contributed by atoms with Crippen molar-refractivity contribution in [2.24, 2.45) is 16.2 Å².